The van der Waals surface area contributed by atoms with Gasteiger partial charge in [0.2, 0.25) is 0 Å². The number of nitro groups is 1. The summed E-state index contributed by atoms with van der Waals surface area (Å²) < 4.78 is 10.6. The molecule has 2 aromatic rings. The van der Waals surface area contributed by atoms with Crippen molar-refractivity contribution in [1.82, 2.24) is 4.90 Å². The molecule has 1 atom stereocenters. The van der Waals surface area contributed by atoms with Crippen LogP contribution in [0.3, 0.4) is 0 Å². The molecule has 33 heavy (non-hydrogen) atoms. The number of aliphatic hydroxyl groups excluding tert-OH is 2. The fourth-order valence-corrected chi connectivity index (χ4v) is 3.68. The SMILES string of the molecule is CCOc1ccc(C(O)=C2C(=O)C(=O)N(CCOCCO)[C@H]2c2ccccc2[N+](=O)[O-])cc1. The van der Waals surface area contributed by atoms with Gasteiger partial charge in [-0.2, -0.15) is 0 Å². The molecular weight excluding hydrogens is 432 g/mol. The predicted molar refractivity (Wildman–Crippen MR) is 118 cm³/mol. The molecule has 0 aromatic heterocycles. The smallest absolute Gasteiger partial charge is 0.295 e. The molecule has 1 aliphatic heterocycles. The highest BCUT2D eigenvalue weighted by Gasteiger charge is 2.47. The van der Waals surface area contributed by atoms with E-state index in [0.717, 1.165) is 4.90 Å². The summed E-state index contributed by atoms with van der Waals surface area (Å²) in [6, 6.07) is 10.9. The van der Waals surface area contributed by atoms with Crippen molar-refractivity contribution in [2.24, 2.45) is 0 Å². The molecule has 2 N–H and O–H groups in total. The Morgan fingerprint density at radius 3 is 2.45 bits per heavy atom. The van der Waals surface area contributed by atoms with Crippen molar-refractivity contribution in [2.45, 2.75) is 13.0 Å². The van der Waals surface area contributed by atoms with E-state index in [1.165, 1.54) is 30.3 Å². The quantitative estimate of drug-likeness (QED) is 0.139. The number of benzene rings is 2. The van der Waals surface area contributed by atoms with Gasteiger partial charge in [-0.15, -0.1) is 0 Å². The maximum atomic E-state index is 13.0. The Labute approximate surface area is 189 Å². The molecule has 1 saturated heterocycles. The summed E-state index contributed by atoms with van der Waals surface area (Å²) in [7, 11) is 0. The highest BCUT2D eigenvalue weighted by Crippen LogP contribution is 2.42. The minimum atomic E-state index is -1.18. The molecule has 0 bridgehead atoms. The van der Waals surface area contributed by atoms with Crippen molar-refractivity contribution in [3.63, 3.8) is 0 Å². The number of ketones is 1. The van der Waals surface area contributed by atoms with Gasteiger partial charge in [0.05, 0.1) is 48.5 Å². The van der Waals surface area contributed by atoms with Gasteiger partial charge in [-0.1, -0.05) is 12.1 Å². The Morgan fingerprint density at radius 1 is 1.12 bits per heavy atom. The lowest BCUT2D eigenvalue weighted by atomic mass is 9.94. The molecule has 0 spiro atoms. The van der Waals surface area contributed by atoms with E-state index in [4.69, 9.17) is 14.6 Å². The van der Waals surface area contributed by atoms with Crippen LogP contribution in [0.5, 0.6) is 5.75 Å². The van der Waals surface area contributed by atoms with Crippen LogP contribution in [-0.2, 0) is 14.3 Å². The number of nitro benzene ring substituents is 1. The van der Waals surface area contributed by atoms with E-state index in [0.29, 0.717) is 12.4 Å². The van der Waals surface area contributed by atoms with Gasteiger partial charge in [-0.3, -0.25) is 19.7 Å². The lowest BCUT2D eigenvalue weighted by Crippen LogP contribution is -2.33. The van der Waals surface area contributed by atoms with Gasteiger partial charge < -0.3 is 24.6 Å². The topological polar surface area (TPSA) is 139 Å². The molecule has 10 nitrogen and oxygen atoms in total. The average Bonchev–Trinajstić information content (AvgIpc) is 3.07. The fourth-order valence-electron chi connectivity index (χ4n) is 3.68. The van der Waals surface area contributed by atoms with Crippen LogP contribution in [0.25, 0.3) is 5.76 Å². The van der Waals surface area contributed by atoms with Gasteiger partial charge >= 0.3 is 0 Å². The molecule has 0 aliphatic carbocycles. The number of para-hydroxylation sites is 1. The van der Waals surface area contributed by atoms with Crippen LogP contribution in [0.2, 0.25) is 0 Å². The molecule has 1 heterocycles. The zero-order chi connectivity index (χ0) is 24.0. The first-order valence-corrected chi connectivity index (χ1v) is 10.3. The molecule has 0 saturated carbocycles. The molecule has 2 aromatic carbocycles. The van der Waals surface area contributed by atoms with Gasteiger partial charge in [0.15, 0.2) is 0 Å². The minimum Gasteiger partial charge on any atom is -0.507 e. The van der Waals surface area contributed by atoms with Crippen LogP contribution in [-0.4, -0.2) is 64.7 Å². The second-order valence-corrected chi connectivity index (χ2v) is 7.10. The highest BCUT2D eigenvalue weighted by molar-refractivity contribution is 6.46. The summed E-state index contributed by atoms with van der Waals surface area (Å²) >= 11 is 0. The minimum absolute atomic E-state index is 0.00614. The van der Waals surface area contributed by atoms with E-state index in [2.05, 4.69) is 0 Å². The van der Waals surface area contributed by atoms with Gasteiger partial charge in [0, 0.05) is 18.2 Å². The van der Waals surface area contributed by atoms with E-state index < -0.39 is 28.4 Å². The molecule has 0 radical (unpaired) electrons. The van der Waals surface area contributed by atoms with Gasteiger partial charge in [-0.25, -0.2) is 0 Å². The summed E-state index contributed by atoms with van der Waals surface area (Å²) in [5.41, 5.74) is -0.184. The first-order chi connectivity index (χ1) is 15.9. The third-order valence-corrected chi connectivity index (χ3v) is 5.12. The number of aliphatic hydroxyl groups is 2. The largest absolute Gasteiger partial charge is 0.507 e. The Balaban J connectivity index is 2.12. The van der Waals surface area contributed by atoms with E-state index in [1.54, 1.807) is 18.2 Å². The number of Topliss-reactive ketones (excluding diaryl/α,β-unsaturated/α-hetero) is 1. The number of ether oxygens (including phenoxy) is 2. The normalized spacial score (nSPS) is 17.4. The Morgan fingerprint density at radius 2 is 1.82 bits per heavy atom. The van der Waals surface area contributed by atoms with Crippen LogP contribution in [0, 0.1) is 10.1 Å². The molecule has 1 amide bonds. The maximum absolute atomic E-state index is 13.0. The number of amides is 1. The van der Waals surface area contributed by atoms with Crippen molar-refractivity contribution >= 4 is 23.1 Å². The second kappa shape index (κ2) is 10.7. The Bertz CT molecular complexity index is 1060. The molecule has 0 unspecified atom stereocenters. The number of likely N-dealkylation sites (tertiary alicyclic amines) is 1. The van der Waals surface area contributed by atoms with Crippen molar-refractivity contribution < 1.29 is 34.2 Å². The third-order valence-electron chi connectivity index (χ3n) is 5.12. The standard InChI is InChI=1S/C23H24N2O8/c1-2-33-16-9-7-15(8-10-16)21(27)19-20(17-5-3-4-6-18(17)25(30)31)24(23(29)22(19)28)11-13-32-14-12-26/h3-10,20,26-27H,2,11-14H2,1H3/t20-/m0/s1. The number of carbonyl (C=O) groups excluding carboxylic acids is 2. The fraction of sp³-hybridized carbons (Fsp3) is 0.304. The molecule has 174 valence electrons. The van der Waals surface area contributed by atoms with E-state index in [-0.39, 0.29) is 48.8 Å². The number of nitrogens with zero attached hydrogens (tertiary/aromatic N) is 2. The number of hydrogen-bond donors (Lipinski definition) is 2. The van der Waals surface area contributed by atoms with Crippen LogP contribution >= 0.6 is 0 Å². The monoisotopic (exact) mass is 456 g/mol. The van der Waals surface area contributed by atoms with Crippen molar-refractivity contribution in [3.8, 4) is 5.75 Å². The lowest BCUT2D eigenvalue weighted by Gasteiger charge is -2.25. The molecule has 10 heteroatoms. The van der Waals surface area contributed by atoms with Crippen molar-refractivity contribution in [1.29, 1.82) is 0 Å². The van der Waals surface area contributed by atoms with Crippen LogP contribution in [0.1, 0.15) is 24.1 Å². The van der Waals surface area contributed by atoms with Gasteiger partial charge in [0.25, 0.3) is 17.4 Å². The summed E-state index contributed by atoms with van der Waals surface area (Å²) in [4.78, 5) is 38.0. The van der Waals surface area contributed by atoms with E-state index in [9.17, 15) is 24.8 Å². The Hall–Kier alpha value is -3.76. The first kappa shape index (κ1) is 23.9. The number of hydrogen-bond acceptors (Lipinski definition) is 8. The van der Waals surface area contributed by atoms with Crippen LogP contribution in [0.15, 0.2) is 54.1 Å². The molecule has 1 aliphatic rings. The van der Waals surface area contributed by atoms with E-state index in [1.807, 2.05) is 6.92 Å². The lowest BCUT2D eigenvalue weighted by molar-refractivity contribution is -0.385. The average molecular weight is 456 g/mol. The second-order valence-electron chi connectivity index (χ2n) is 7.10. The third kappa shape index (κ3) is 5.02. The zero-order valence-corrected chi connectivity index (χ0v) is 18.0. The van der Waals surface area contributed by atoms with Gasteiger partial charge in [-0.05, 0) is 37.3 Å². The van der Waals surface area contributed by atoms with Crippen molar-refractivity contribution in [2.75, 3.05) is 33.0 Å². The predicted octanol–water partition coefficient (Wildman–Crippen LogP) is 2.42. The maximum Gasteiger partial charge on any atom is 0.295 e. The van der Waals surface area contributed by atoms with Crippen molar-refractivity contribution in [3.05, 3.63) is 75.3 Å². The Kier molecular flexibility index (Phi) is 7.75. The van der Waals surface area contributed by atoms with Crippen LogP contribution in [0.4, 0.5) is 5.69 Å². The summed E-state index contributed by atoms with van der Waals surface area (Å²) in [6.07, 6.45) is 0. The number of rotatable bonds is 10. The molecule has 1 fully saturated rings. The summed E-state index contributed by atoms with van der Waals surface area (Å²) in [6.45, 7) is 2.02. The first-order valence-electron chi connectivity index (χ1n) is 10.3. The summed E-state index contributed by atoms with van der Waals surface area (Å²) in [5, 5.41) is 31.6. The molecule has 3 rings (SSSR count). The number of carbonyl (C=O) groups is 2. The highest BCUT2D eigenvalue weighted by atomic mass is 16.6. The van der Waals surface area contributed by atoms with Gasteiger partial charge in [0.1, 0.15) is 11.5 Å². The molecular formula is C23H24N2O8. The van der Waals surface area contributed by atoms with Crippen LogP contribution < -0.4 is 4.74 Å². The summed E-state index contributed by atoms with van der Waals surface area (Å²) in [5.74, 6) is -1.74. The van der Waals surface area contributed by atoms with E-state index >= 15 is 0 Å². The zero-order valence-electron chi connectivity index (χ0n) is 18.0.